The van der Waals surface area contributed by atoms with Gasteiger partial charge < -0.3 is 19.9 Å². The van der Waals surface area contributed by atoms with E-state index < -0.39 is 28.4 Å². The van der Waals surface area contributed by atoms with Gasteiger partial charge in [0.15, 0.2) is 5.65 Å². The molecule has 10 nitrogen and oxygen atoms in total. The number of halogens is 3. The second-order valence-electron chi connectivity index (χ2n) is 11.2. The first-order chi connectivity index (χ1) is 19.4. The monoisotopic (exact) mass is 573 g/mol. The first-order valence-corrected chi connectivity index (χ1v) is 13.7. The largest absolute Gasteiger partial charge is 0.479 e. The zero-order valence-electron chi connectivity index (χ0n) is 23.6. The average Bonchev–Trinajstić information content (AvgIpc) is 2.93. The highest BCUT2D eigenvalue weighted by atomic mass is 19.4. The van der Waals surface area contributed by atoms with Crippen LogP contribution in [0.4, 0.5) is 30.4 Å². The summed E-state index contributed by atoms with van der Waals surface area (Å²) in [6.45, 7) is 7.25. The van der Waals surface area contributed by atoms with Crippen LogP contribution in [-0.4, -0.2) is 65.1 Å². The number of likely N-dealkylation sites (tertiary alicyclic amines) is 1. The Kier molecular flexibility index (Phi) is 7.66. The summed E-state index contributed by atoms with van der Waals surface area (Å²) in [7, 11) is 3.73. The minimum atomic E-state index is -4.73. The van der Waals surface area contributed by atoms with Crippen LogP contribution >= 0.6 is 0 Å². The molecule has 0 bridgehead atoms. The van der Waals surface area contributed by atoms with E-state index in [0.717, 1.165) is 56.8 Å². The molecule has 4 heterocycles. The molecule has 0 radical (unpaired) electrons. The Balaban J connectivity index is 1.47. The first-order valence-electron chi connectivity index (χ1n) is 13.7. The summed E-state index contributed by atoms with van der Waals surface area (Å²) in [5, 5.41) is 15.1. The second-order valence-corrected chi connectivity index (χ2v) is 11.2. The van der Waals surface area contributed by atoms with Crippen LogP contribution < -0.4 is 15.0 Å². The molecule has 13 heteroatoms. The summed E-state index contributed by atoms with van der Waals surface area (Å²) in [5.41, 5.74) is -0.0610. The highest BCUT2D eigenvalue weighted by Crippen LogP contribution is 2.44. The molecule has 1 atom stereocenters. The predicted octanol–water partition coefficient (Wildman–Crippen LogP) is 5.75. The maximum Gasteiger partial charge on any atom is 0.416 e. The smallest absolute Gasteiger partial charge is 0.416 e. The fourth-order valence-corrected chi connectivity index (χ4v) is 5.88. The van der Waals surface area contributed by atoms with E-state index in [1.54, 1.807) is 21.0 Å². The fourth-order valence-electron chi connectivity index (χ4n) is 5.88. The number of hydrogen-bond acceptors (Lipinski definition) is 9. The number of piperidine rings is 2. The maximum atomic E-state index is 13.5. The molecule has 5 rings (SSSR count). The number of benzene rings is 1. The number of pyridine rings is 1. The Morgan fingerprint density at radius 3 is 2.32 bits per heavy atom. The first kappa shape index (κ1) is 28.8. The molecule has 41 heavy (non-hydrogen) atoms. The summed E-state index contributed by atoms with van der Waals surface area (Å²) in [6, 6.07) is 3.77. The van der Waals surface area contributed by atoms with Crippen LogP contribution in [0.2, 0.25) is 0 Å². The molecular weight excluding hydrogens is 539 g/mol. The number of fused-ring (bicyclic) bond motifs is 1. The number of nitrogens with zero attached hydrogens (tertiary/aromatic N) is 6. The van der Waals surface area contributed by atoms with Gasteiger partial charge in [0, 0.05) is 25.2 Å². The zero-order chi connectivity index (χ0) is 29.5. The summed E-state index contributed by atoms with van der Waals surface area (Å²) in [6.07, 6.45) is -0.200. The van der Waals surface area contributed by atoms with Crippen LogP contribution in [0, 0.1) is 22.5 Å². The minimum absolute atomic E-state index is 0.108. The lowest BCUT2D eigenvalue weighted by Gasteiger charge is -2.46. The number of alkyl halides is 3. The number of aromatic nitrogens is 3. The van der Waals surface area contributed by atoms with Gasteiger partial charge in [-0.05, 0) is 82.8 Å². The number of aryl methyl sites for hydroxylation is 1. The Morgan fingerprint density at radius 2 is 1.71 bits per heavy atom. The molecule has 1 aromatic carbocycles. The van der Waals surface area contributed by atoms with Crippen molar-refractivity contribution in [3.63, 3.8) is 0 Å². The van der Waals surface area contributed by atoms with Gasteiger partial charge in [-0.25, -0.2) is 9.97 Å². The molecule has 0 saturated carbocycles. The van der Waals surface area contributed by atoms with Crippen molar-refractivity contribution in [2.75, 3.05) is 50.6 Å². The lowest BCUT2D eigenvalue weighted by molar-refractivity contribution is -0.385. The van der Waals surface area contributed by atoms with Crippen LogP contribution in [-0.2, 0) is 6.18 Å². The van der Waals surface area contributed by atoms with Gasteiger partial charge in [0.25, 0.3) is 5.69 Å². The third-order valence-electron chi connectivity index (χ3n) is 8.48. The van der Waals surface area contributed by atoms with Crippen LogP contribution in [0.3, 0.4) is 0 Å². The standard InChI is InChI=1S/C28H34F3N7O3/c1-17(19-13-20(28(29,30)31)15-21(14-19)38(39)40)32-24-22-16-23(26(41-4)35-25(22)34-18(2)33-24)37-11-7-27(8-12-37)5-9-36(3)10-6-27/h13-17H,5-12H2,1-4H3,(H,32,33,34,35)/t17-/m1/s1. The van der Waals surface area contributed by atoms with Crippen LogP contribution in [0.5, 0.6) is 5.88 Å². The Labute approximate surface area is 236 Å². The van der Waals surface area contributed by atoms with E-state index in [0.29, 0.717) is 40.0 Å². The molecule has 2 saturated heterocycles. The van der Waals surface area contributed by atoms with Crippen LogP contribution in [0.15, 0.2) is 24.3 Å². The molecule has 0 aliphatic carbocycles. The van der Waals surface area contributed by atoms with Gasteiger partial charge in [-0.3, -0.25) is 10.1 Å². The van der Waals surface area contributed by atoms with Crippen molar-refractivity contribution >= 4 is 28.2 Å². The Bertz CT molecular complexity index is 1450. The molecular formula is C28H34F3N7O3. The van der Waals surface area contributed by atoms with Crippen molar-refractivity contribution < 1.29 is 22.8 Å². The number of anilines is 2. The van der Waals surface area contributed by atoms with Gasteiger partial charge in [-0.1, -0.05) is 0 Å². The number of ether oxygens (including phenoxy) is 1. The topological polar surface area (TPSA) is 110 Å². The van der Waals surface area contributed by atoms with E-state index in [9.17, 15) is 23.3 Å². The Hall–Kier alpha value is -3.74. The maximum absolute atomic E-state index is 13.5. The lowest BCUT2D eigenvalue weighted by atomic mass is 9.71. The molecule has 2 aliphatic heterocycles. The van der Waals surface area contributed by atoms with Gasteiger partial charge in [0.05, 0.1) is 29.0 Å². The summed E-state index contributed by atoms with van der Waals surface area (Å²) < 4.78 is 46.2. The number of non-ortho nitro benzene ring substituents is 1. The molecule has 2 fully saturated rings. The summed E-state index contributed by atoms with van der Waals surface area (Å²) >= 11 is 0. The second kappa shape index (κ2) is 10.9. The van der Waals surface area contributed by atoms with E-state index in [1.807, 2.05) is 6.07 Å². The molecule has 0 unspecified atom stereocenters. The molecule has 2 aliphatic rings. The van der Waals surface area contributed by atoms with E-state index in [1.165, 1.54) is 12.8 Å². The number of rotatable bonds is 6. The molecule has 220 valence electrons. The Morgan fingerprint density at radius 1 is 1.05 bits per heavy atom. The van der Waals surface area contributed by atoms with Gasteiger partial charge in [0.1, 0.15) is 17.3 Å². The van der Waals surface area contributed by atoms with Gasteiger partial charge >= 0.3 is 6.18 Å². The van der Waals surface area contributed by atoms with Crippen molar-refractivity contribution in [3.8, 4) is 5.88 Å². The van der Waals surface area contributed by atoms with Gasteiger partial charge in [-0.2, -0.15) is 18.2 Å². The lowest BCUT2D eigenvalue weighted by Crippen LogP contribution is -2.46. The quantitative estimate of drug-likeness (QED) is 0.291. The normalized spacial score (nSPS) is 18.5. The molecule has 1 N–H and O–H groups in total. The number of methoxy groups -OCH3 is 1. The van der Waals surface area contributed by atoms with E-state index >= 15 is 0 Å². The van der Waals surface area contributed by atoms with Gasteiger partial charge in [0.2, 0.25) is 5.88 Å². The third kappa shape index (κ3) is 5.99. The number of hydrogen-bond donors (Lipinski definition) is 1. The van der Waals surface area contributed by atoms with Crippen molar-refractivity contribution in [1.29, 1.82) is 0 Å². The summed E-state index contributed by atoms with van der Waals surface area (Å²) in [4.78, 5) is 28.8. The highest BCUT2D eigenvalue weighted by Gasteiger charge is 2.38. The highest BCUT2D eigenvalue weighted by molar-refractivity contribution is 5.90. The van der Waals surface area contributed by atoms with E-state index in [4.69, 9.17) is 4.74 Å². The predicted molar refractivity (Wildman–Crippen MR) is 149 cm³/mol. The molecule has 1 spiro atoms. The summed E-state index contributed by atoms with van der Waals surface area (Å²) in [5.74, 6) is 1.23. The SMILES string of the molecule is COc1nc2nc(C)nc(N[C@H](C)c3cc([N+](=O)[O-])cc(C(F)(F)F)c3)c2cc1N1CCC2(CCN(C)CC2)CC1. The number of nitrogens with one attached hydrogen (secondary N) is 1. The fraction of sp³-hybridized carbons (Fsp3) is 0.536. The minimum Gasteiger partial charge on any atom is -0.479 e. The zero-order valence-corrected chi connectivity index (χ0v) is 23.6. The number of nitro groups is 1. The van der Waals surface area contributed by atoms with Crippen molar-refractivity contribution in [1.82, 2.24) is 19.9 Å². The van der Waals surface area contributed by atoms with E-state index in [2.05, 4.69) is 37.1 Å². The van der Waals surface area contributed by atoms with E-state index in [-0.39, 0.29) is 5.56 Å². The number of nitro benzene ring substituents is 1. The van der Waals surface area contributed by atoms with Crippen molar-refractivity contribution in [2.24, 2.45) is 5.41 Å². The average molecular weight is 574 g/mol. The third-order valence-corrected chi connectivity index (χ3v) is 8.48. The van der Waals surface area contributed by atoms with Crippen LogP contribution in [0.25, 0.3) is 11.0 Å². The van der Waals surface area contributed by atoms with Crippen LogP contribution in [0.1, 0.15) is 55.6 Å². The molecule has 3 aromatic rings. The van der Waals surface area contributed by atoms with Crippen molar-refractivity contribution in [3.05, 3.63) is 51.3 Å². The molecule has 0 amide bonds. The van der Waals surface area contributed by atoms with Crippen molar-refractivity contribution in [2.45, 2.75) is 51.7 Å². The van der Waals surface area contributed by atoms with Gasteiger partial charge in [-0.15, -0.1) is 0 Å². The molecule has 2 aromatic heterocycles.